The lowest BCUT2D eigenvalue weighted by molar-refractivity contribution is 0.0943. The predicted molar refractivity (Wildman–Crippen MR) is 88.6 cm³/mol. The van der Waals surface area contributed by atoms with Crippen LogP contribution in [-0.4, -0.2) is 23.0 Å². The van der Waals surface area contributed by atoms with Gasteiger partial charge in [0.05, 0.1) is 5.56 Å². The number of aromatic nitrogens is 1. The highest BCUT2D eigenvalue weighted by atomic mass is 16.1. The second-order valence-corrected chi connectivity index (χ2v) is 6.05. The Bertz CT molecular complexity index is 696. The average Bonchev–Trinajstić information content (AvgIpc) is 2.82. The van der Waals surface area contributed by atoms with E-state index in [2.05, 4.69) is 40.3 Å². The summed E-state index contributed by atoms with van der Waals surface area (Å²) in [6.07, 6.45) is 2.72. The summed E-state index contributed by atoms with van der Waals surface area (Å²) in [6.45, 7) is 6.09. The van der Waals surface area contributed by atoms with Gasteiger partial charge in [0.15, 0.2) is 0 Å². The summed E-state index contributed by atoms with van der Waals surface area (Å²) in [7, 11) is 0. The van der Waals surface area contributed by atoms with Crippen LogP contribution in [0.25, 0.3) is 0 Å². The van der Waals surface area contributed by atoms with Gasteiger partial charge in [-0.3, -0.25) is 4.79 Å². The molecule has 1 unspecified atom stereocenters. The Labute approximate surface area is 131 Å². The van der Waals surface area contributed by atoms with Gasteiger partial charge in [0.2, 0.25) is 0 Å². The number of nitrogens with one attached hydrogen (secondary N) is 1. The first-order valence-corrected chi connectivity index (χ1v) is 7.71. The molecular weight excluding hydrogens is 274 g/mol. The molecule has 0 spiro atoms. The number of fused-ring (bicyclic) bond motifs is 1. The topological polar surface area (TPSA) is 45.2 Å². The quantitative estimate of drug-likeness (QED) is 0.945. The van der Waals surface area contributed by atoms with Gasteiger partial charge >= 0.3 is 0 Å². The second kappa shape index (κ2) is 5.79. The lowest BCUT2D eigenvalue weighted by Crippen LogP contribution is -2.33. The Morgan fingerprint density at radius 2 is 2.05 bits per heavy atom. The molecule has 22 heavy (non-hydrogen) atoms. The molecule has 2 heterocycles. The van der Waals surface area contributed by atoms with E-state index >= 15 is 0 Å². The van der Waals surface area contributed by atoms with Crippen LogP contribution in [0.2, 0.25) is 0 Å². The highest BCUT2D eigenvalue weighted by molar-refractivity contribution is 6.00. The second-order valence-electron chi connectivity index (χ2n) is 6.05. The largest absolute Gasteiger partial charge is 0.350 e. The molecule has 0 radical (unpaired) electrons. The fourth-order valence-electron chi connectivity index (χ4n) is 2.99. The number of rotatable bonds is 3. The highest BCUT2D eigenvalue weighted by Gasteiger charge is 2.30. The summed E-state index contributed by atoms with van der Waals surface area (Å²) in [6, 6.07) is 12.4. The van der Waals surface area contributed by atoms with E-state index in [1.807, 2.05) is 32.0 Å². The Morgan fingerprint density at radius 3 is 2.82 bits per heavy atom. The number of carbonyl (C=O) groups is 1. The molecule has 1 N–H and O–H groups in total. The van der Waals surface area contributed by atoms with Crippen molar-refractivity contribution in [2.75, 3.05) is 4.90 Å². The number of benzene rings is 1. The summed E-state index contributed by atoms with van der Waals surface area (Å²) in [5.74, 6) is 0.660. The molecule has 1 aromatic heterocycles. The summed E-state index contributed by atoms with van der Waals surface area (Å²) in [5.41, 5.74) is 3.07. The van der Waals surface area contributed by atoms with Crippen LogP contribution in [0.15, 0.2) is 42.6 Å². The van der Waals surface area contributed by atoms with Gasteiger partial charge in [0.25, 0.3) is 5.91 Å². The molecule has 1 aliphatic rings. The van der Waals surface area contributed by atoms with Crippen molar-refractivity contribution in [3.63, 3.8) is 0 Å². The minimum Gasteiger partial charge on any atom is -0.350 e. The van der Waals surface area contributed by atoms with Crippen LogP contribution < -0.4 is 10.2 Å². The third-order valence-electron chi connectivity index (χ3n) is 3.89. The van der Waals surface area contributed by atoms with Crippen molar-refractivity contribution in [3.05, 3.63) is 53.7 Å². The van der Waals surface area contributed by atoms with Crippen molar-refractivity contribution in [1.82, 2.24) is 10.3 Å². The fraction of sp³-hybridized carbons (Fsp3) is 0.333. The number of amides is 1. The zero-order chi connectivity index (χ0) is 15.7. The zero-order valence-electron chi connectivity index (χ0n) is 13.2. The standard InChI is InChI=1S/C18H21N3O/c1-12(2)20-18(22)15-8-6-10-19-17(15)21-13(3)11-14-7-4-5-9-16(14)21/h4-10,12-13H,11H2,1-3H3,(H,20,22). The summed E-state index contributed by atoms with van der Waals surface area (Å²) >= 11 is 0. The van der Waals surface area contributed by atoms with E-state index in [1.54, 1.807) is 6.20 Å². The molecule has 1 amide bonds. The van der Waals surface area contributed by atoms with E-state index in [9.17, 15) is 4.79 Å². The van der Waals surface area contributed by atoms with Crippen LogP contribution >= 0.6 is 0 Å². The summed E-state index contributed by atoms with van der Waals surface area (Å²) in [5, 5.41) is 2.96. The monoisotopic (exact) mass is 295 g/mol. The third-order valence-corrected chi connectivity index (χ3v) is 3.89. The third kappa shape index (κ3) is 2.56. The lowest BCUT2D eigenvalue weighted by atomic mass is 10.1. The number of pyridine rings is 1. The maximum atomic E-state index is 12.5. The molecule has 2 aromatic rings. The van der Waals surface area contributed by atoms with E-state index in [0.717, 1.165) is 17.9 Å². The highest BCUT2D eigenvalue weighted by Crippen LogP contribution is 2.38. The first kappa shape index (κ1) is 14.6. The molecule has 0 fully saturated rings. The summed E-state index contributed by atoms with van der Waals surface area (Å²) < 4.78 is 0. The van der Waals surface area contributed by atoms with E-state index in [4.69, 9.17) is 0 Å². The van der Waals surface area contributed by atoms with Crippen LogP contribution in [0.3, 0.4) is 0 Å². The Hall–Kier alpha value is -2.36. The number of anilines is 2. The van der Waals surface area contributed by atoms with Gasteiger partial charge in [0, 0.05) is 24.0 Å². The lowest BCUT2D eigenvalue weighted by Gasteiger charge is -2.26. The molecule has 3 rings (SSSR count). The Kier molecular flexibility index (Phi) is 3.84. The van der Waals surface area contributed by atoms with E-state index in [1.165, 1.54) is 5.56 Å². The SMILES string of the molecule is CC(C)NC(=O)c1cccnc1N1c2ccccc2CC1C. The van der Waals surface area contributed by atoms with Gasteiger partial charge in [-0.15, -0.1) is 0 Å². The number of hydrogen-bond donors (Lipinski definition) is 1. The summed E-state index contributed by atoms with van der Waals surface area (Å²) in [4.78, 5) is 19.1. The fourth-order valence-corrected chi connectivity index (χ4v) is 2.99. The van der Waals surface area contributed by atoms with Crippen molar-refractivity contribution in [2.24, 2.45) is 0 Å². The molecule has 114 valence electrons. The molecule has 1 aliphatic heterocycles. The maximum Gasteiger partial charge on any atom is 0.255 e. The van der Waals surface area contributed by atoms with Crippen molar-refractivity contribution < 1.29 is 4.79 Å². The molecular formula is C18H21N3O. The van der Waals surface area contributed by atoms with Gasteiger partial charge in [-0.2, -0.15) is 0 Å². The zero-order valence-corrected chi connectivity index (χ0v) is 13.2. The first-order valence-electron chi connectivity index (χ1n) is 7.71. The average molecular weight is 295 g/mol. The van der Waals surface area contributed by atoms with Gasteiger partial charge in [0.1, 0.15) is 5.82 Å². The van der Waals surface area contributed by atoms with Crippen LogP contribution in [0.1, 0.15) is 36.7 Å². The minimum absolute atomic E-state index is 0.0744. The van der Waals surface area contributed by atoms with Crippen LogP contribution in [0.5, 0.6) is 0 Å². The van der Waals surface area contributed by atoms with E-state index < -0.39 is 0 Å². The Balaban J connectivity index is 2.04. The van der Waals surface area contributed by atoms with Crippen molar-refractivity contribution >= 4 is 17.4 Å². The van der Waals surface area contributed by atoms with E-state index in [-0.39, 0.29) is 18.0 Å². The maximum absolute atomic E-state index is 12.5. The van der Waals surface area contributed by atoms with Crippen LogP contribution in [0.4, 0.5) is 11.5 Å². The molecule has 0 saturated carbocycles. The number of para-hydroxylation sites is 1. The van der Waals surface area contributed by atoms with Gasteiger partial charge in [-0.1, -0.05) is 18.2 Å². The Morgan fingerprint density at radius 1 is 1.27 bits per heavy atom. The van der Waals surface area contributed by atoms with Crippen molar-refractivity contribution in [1.29, 1.82) is 0 Å². The van der Waals surface area contributed by atoms with Crippen molar-refractivity contribution in [3.8, 4) is 0 Å². The van der Waals surface area contributed by atoms with E-state index in [0.29, 0.717) is 5.56 Å². The van der Waals surface area contributed by atoms with Crippen LogP contribution in [-0.2, 0) is 6.42 Å². The smallest absolute Gasteiger partial charge is 0.255 e. The molecule has 1 atom stereocenters. The molecule has 1 aromatic carbocycles. The number of nitrogens with zero attached hydrogens (tertiary/aromatic N) is 2. The molecule has 4 nitrogen and oxygen atoms in total. The van der Waals surface area contributed by atoms with Crippen molar-refractivity contribution in [2.45, 2.75) is 39.3 Å². The molecule has 0 bridgehead atoms. The normalized spacial score (nSPS) is 16.7. The predicted octanol–water partition coefficient (Wildman–Crippen LogP) is 3.30. The number of carbonyl (C=O) groups excluding carboxylic acids is 1. The van der Waals surface area contributed by atoms with Gasteiger partial charge in [-0.05, 0) is 51.0 Å². The van der Waals surface area contributed by atoms with Gasteiger partial charge < -0.3 is 10.2 Å². The minimum atomic E-state index is -0.0744. The van der Waals surface area contributed by atoms with Gasteiger partial charge in [-0.25, -0.2) is 4.98 Å². The molecule has 0 saturated heterocycles. The first-order chi connectivity index (χ1) is 10.6. The van der Waals surface area contributed by atoms with Crippen LogP contribution in [0, 0.1) is 0 Å². The molecule has 4 heteroatoms. The molecule has 0 aliphatic carbocycles. The number of hydrogen-bond acceptors (Lipinski definition) is 3.